The van der Waals surface area contributed by atoms with Gasteiger partial charge in [0.2, 0.25) is 11.8 Å². The van der Waals surface area contributed by atoms with Crippen molar-refractivity contribution >= 4 is 11.8 Å². The molecular weight excluding hydrogens is 270 g/mol. The van der Waals surface area contributed by atoms with Crippen molar-refractivity contribution in [3.63, 3.8) is 0 Å². The molecule has 4 rings (SSSR count). The summed E-state index contributed by atoms with van der Waals surface area (Å²) in [6.45, 7) is -0.000894. The highest BCUT2D eigenvalue weighted by Crippen LogP contribution is 2.51. The third kappa shape index (κ3) is 1.58. The summed E-state index contributed by atoms with van der Waals surface area (Å²) in [5.41, 5.74) is -0.0912. The number of imide groups is 1. The van der Waals surface area contributed by atoms with E-state index in [1.54, 1.807) is 12.2 Å². The molecule has 1 aromatic rings. The van der Waals surface area contributed by atoms with E-state index in [2.05, 4.69) is 0 Å². The number of hydrogen-bond acceptors (Lipinski definition) is 4. The molecule has 2 fully saturated rings. The minimum absolute atomic E-state index is 0.196. The van der Waals surface area contributed by atoms with E-state index in [9.17, 15) is 14.7 Å². The number of amides is 2. The summed E-state index contributed by atoms with van der Waals surface area (Å²) in [5.74, 6) is -1.51. The zero-order valence-corrected chi connectivity index (χ0v) is 11.3. The van der Waals surface area contributed by atoms with E-state index in [0.29, 0.717) is 0 Å². The standard InChI is InChI=1S/C16H15NO4/c18-9-16-7-6-11(21-16)12-13(16)15(20)17(14(12)19)8-10-4-2-1-3-5-10/h1-7,11-13,18H,8-9H2/t11-,12+,13-,16+/m0/s1. The maximum absolute atomic E-state index is 12.6. The molecule has 5 nitrogen and oxygen atoms in total. The fourth-order valence-corrected chi connectivity index (χ4v) is 3.67. The summed E-state index contributed by atoms with van der Waals surface area (Å²) >= 11 is 0. The molecule has 4 atom stereocenters. The van der Waals surface area contributed by atoms with E-state index in [-0.39, 0.29) is 31.1 Å². The van der Waals surface area contributed by atoms with Crippen molar-refractivity contribution in [2.24, 2.45) is 11.8 Å². The van der Waals surface area contributed by atoms with E-state index in [0.717, 1.165) is 5.56 Å². The molecule has 0 radical (unpaired) electrons. The molecule has 3 aliphatic heterocycles. The van der Waals surface area contributed by atoms with Crippen LogP contribution in [0.1, 0.15) is 5.56 Å². The first-order valence-electron chi connectivity index (χ1n) is 7.03. The van der Waals surface area contributed by atoms with Crippen LogP contribution in [0.15, 0.2) is 42.5 Å². The van der Waals surface area contributed by atoms with Gasteiger partial charge in [-0.3, -0.25) is 14.5 Å². The van der Waals surface area contributed by atoms with Crippen LogP contribution < -0.4 is 0 Å². The van der Waals surface area contributed by atoms with Gasteiger partial charge in [0.25, 0.3) is 0 Å². The molecule has 3 aliphatic rings. The molecule has 0 unspecified atom stereocenters. The average Bonchev–Trinajstić information content (AvgIpc) is 3.15. The molecular formula is C16H15NO4. The summed E-state index contributed by atoms with van der Waals surface area (Å²) in [6, 6.07) is 9.43. The lowest BCUT2D eigenvalue weighted by molar-refractivity contribution is -0.146. The Bertz CT molecular complexity index is 641. The van der Waals surface area contributed by atoms with Gasteiger partial charge in [-0.05, 0) is 5.56 Å². The Morgan fingerprint density at radius 3 is 2.67 bits per heavy atom. The third-order valence-electron chi connectivity index (χ3n) is 4.68. The Balaban J connectivity index is 1.66. The zero-order valence-electron chi connectivity index (χ0n) is 11.3. The predicted molar refractivity (Wildman–Crippen MR) is 72.8 cm³/mol. The molecule has 2 amide bonds. The van der Waals surface area contributed by atoms with Crippen LogP contribution in [-0.4, -0.2) is 40.1 Å². The number of rotatable bonds is 3. The van der Waals surface area contributed by atoms with Gasteiger partial charge in [-0.25, -0.2) is 0 Å². The Labute approximate surface area is 121 Å². The van der Waals surface area contributed by atoms with Crippen molar-refractivity contribution in [3.8, 4) is 0 Å². The normalized spacial score (nSPS) is 36.6. The number of benzene rings is 1. The minimum atomic E-state index is -1.01. The van der Waals surface area contributed by atoms with Crippen LogP contribution in [0.3, 0.4) is 0 Å². The summed E-state index contributed by atoms with van der Waals surface area (Å²) in [5, 5.41) is 9.61. The van der Waals surface area contributed by atoms with Crippen LogP contribution >= 0.6 is 0 Å². The first kappa shape index (κ1) is 12.7. The van der Waals surface area contributed by atoms with Gasteiger partial charge < -0.3 is 9.84 Å². The number of likely N-dealkylation sites (tertiary alicyclic amines) is 1. The fourth-order valence-electron chi connectivity index (χ4n) is 3.67. The average molecular weight is 285 g/mol. The Morgan fingerprint density at radius 1 is 1.19 bits per heavy atom. The lowest BCUT2D eigenvalue weighted by Gasteiger charge is -2.26. The summed E-state index contributed by atoms with van der Waals surface area (Å²) in [6.07, 6.45) is 3.13. The monoisotopic (exact) mass is 285 g/mol. The molecule has 21 heavy (non-hydrogen) atoms. The fraction of sp³-hybridized carbons (Fsp3) is 0.375. The van der Waals surface area contributed by atoms with Crippen LogP contribution in [0.25, 0.3) is 0 Å². The highest BCUT2D eigenvalue weighted by molar-refractivity contribution is 6.07. The summed E-state index contributed by atoms with van der Waals surface area (Å²) in [4.78, 5) is 26.5. The summed E-state index contributed by atoms with van der Waals surface area (Å²) < 4.78 is 5.69. The van der Waals surface area contributed by atoms with Gasteiger partial charge in [0.1, 0.15) is 5.60 Å². The zero-order chi connectivity index (χ0) is 14.6. The van der Waals surface area contributed by atoms with Crippen LogP contribution in [0.5, 0.6) is 0 Å². The Hall–Kier alpha value is -1.98. The van der Waals surface area contributed by atoms with E-state index in [1.807, 2.05) is 30.3 Å². The Morgan fingerprint density at radius 2 is 1.95 bits per heavy atom. The SMILES string of the molecule is O=C1[C@@H]2[C@@H]3C=C[C@](CO)(O3)[C@@H]2C(=O)N1Cc1ccccc1. The minimum Gasteiger partial charge on any atom is -0.393 e. The number of ether oxygens (including phenoxy) is 1. The quantitative estimate of drug-likeness (QED) is 0.648. The smallest absolute Gasteiger partial charge is 0.236 e. The molecule has 1 N–H and O–H groups in total. The van der Waals surface area contributed by atoms with Gasteiger partial charge >= 0.3 is 0 Å². The van der Waals surface area contributed by atoms with Crippen molar-refractivity contribution in [2.75, 3.05) is 6.61 Å². The van der Waals surface area contributed by atoms with Gasteiger partial charge in [0.05, 0.1) is 31.1 Å². The largest absolute Gasteiger partial charge is 0.393 e. The molecule has 2 bridgehead atoms. The van der Waals surface area contributed by atoms with Gasteiger partial charge in [-0.1, -0.05) is 42.5 Å². The van der Waals surface area contributed by atoms with Gasteiger partial charge in [-0.15, -0.1) is 0 Å². The molecule has 0 aliphatic carbocycles. The number of aliphatic hydroxyl groups is 1. The molecule has 3 heterocycles. The maximum Gasteiger partial charge on any atom is 0.236 e. The lowest BCUT2D eigenvalue weighted by Crippen LogP contribution is -2.43. The molecule has 2 saturated heterocycles. The number of aliphatic hydroxyl groups excluding tert-OH is 1. The third-order valence-corrected chi connectivity index (χ3v) is 4.68. The summed E-state index contributed by atoms with van der Waals surface area (Å²) in [7, 11) is 0. The molecule has 0 spiro atoms. The molecule has 1 aromatic carbocycles. The molecule has 0 saturated carbocycles. The number of carbonyl (C=O) groups is 2. The highest BCUT2D eigenvalue weighted by atomic mass is 16.5. The predicted octanol–water partition coefficient (Wildman–Crippen LogP) is 0.487. The van der Waals surface area contributed by atoms with E-state index < -0.39 is 17.4 Å². The first-order chi connectivity index (χ1) is 10.2. The number of hydrogen-bond donors (Lipinski definition) is 1. The maximum atomic E-state index is 12.6. The van der Waals surface area contributed by atoms with Crippen LogP contribution in [0.4, 0.5) is 0 Å². The number of fused-ring (bicyclic) bond motifs is 5. The van der Waals surface area contributed by atoms with Crippen molar-refractivity contribution < 1.29 is 19.4 Å². The van der Waals surface area contributed by atoms with Crippen LogP contribution in [0, 0.1) is 11.8 Å². The van der Waals surface area contributed by atoms with Gasteiger partial charge in [0, 0.05) is 0 Å². The lowest BCUT2D eigenvalue weighted by atomic mass is 9.77. The van der Waals surface area contributed by atoms with E-state index in [4.69, 9.17) is 4.74 Å². The first-order valence-corrected chi connectivity index (χ1v) is 7.03. The second kappa shape index (κ2) is 4.26. The second-order valence-corrected chi connectivity index (χ2v) is 5.81. The van der Waals surface area contributed by atoms with E-state index in [1.165, 1.54) is 4.90 Å². The van der Waals surface area contributed by atoms with Gasteiger partial charge in [-0.2, -0.15) is 0 Å². The molecule has 5 heteroatoms. The van der Waals surface area contributed by atoms with Crippen LogP contribution in [0.2, 0.25) is 0 Å². The van der Waals surface area contributed by atoms with Crippen molar-refractivity contribution in [2.45, 2.75) is 18.2 Å². The number of nitrogens with zero attached hydrogens (tertiary/aromatic N) is 1. The van der Waals surface area contributed by atoms with Crippen LogP contribution in [-0.2, 0) is 20.9 Å². The number of carbonyl (C=O) groups excluding carboxylic acids is 2. The van der Waals surface area contributed by atoms with Crippen molar-refractivity contribution in [3.05, 3.63) is 48.0 Å². The Kier molecular flexibility index (Phi) is 2.58. The van der Waals surface area contributed by atoms with Crippen molar-refractivity contribution in [1.29, 1.82) is 0 Å². The van der Waals surface area contributed by atoms with E-state index >= 15 is 0 Å². The topological polar surface area (TPSA) is 66.8 Å². The second-order valence-electron chi connectivity index (χ2n) is 5.81. The van der Waals surface area contributed by atoms with Gasteiger partial charge in [0.15, 0.2) is 0 Å². The molecule has 108 valence electrons. The molecule has 0 aromatic heterocycles. The highest BCUT2D eigenvalue weighted by Gasteiger charge is 2.67. The van der Waals surface area contributed by atoms with Crippen molar-refractivity contribution in [1.82, 2.24) is 4.90 Å².